The van der Waals surface area contributed by atoms with E-state index in [4.69, 9.17) is 4.74 Å². The van der Waals surface area contributed by atoms with Gasteiger partial charge in [0.15, 0.2) is 5.78 Å². The predicted octanol–water partition coefficient (Wildman–Crippen LogP) is 4.06. The van der Waals surface area contributed by atoms with Gasteiger partial charge in [-0.25, -0.2) is 4.68 Å². The van der Waals surface area contributed by atoms with E-state index in [1.165, 1.54) is 11.8 Å². The Bertz CT molecular complexity index is 932. The number of benzene rings is 1. The standard InChI is InChI=1S/C20H24N4O2S/c1-5-26-15-9-7-6-8-12(15)17-16-13(10-20(2,3)11-14(16)25)21-18-22-19(27-4)23-24(17)18/h6-9,17H,5,10-11H2,1-4H3,(H,21,22,23)/t17-/m1/s1. The Morgan fingerprint density at radius 1 is 1.33 bits per heavy atom. The molecule has 0 saturated heterocycles. The number of fused-ring (bicyclic) bond motifs is 1. The van der Waals surface area contributed by atoms with Crippen molar-refractivity contribution in [2.75, 3.05) is 18.2 Å². The lowest BCUT2D eigenvalue weighted by atomic mass is 9.73. The van der Waals surface area contributed by atoms with Crippen LogP contribution >= 0.6 is 11.8 Å². The molecular formula is C20H24N4O2S. The van der Waals surface area contributed by atoms with Crippen molar-refractivity contribution in [2.45, 2.75) is 44.8 Å². The van der Waals surface area contributed by atoms with Crippen LogP contribution in [0.5, 0.6) is 5.75 Å². The summed E-state index contributed by atoms with van der Waals surface area (Å²) in [7, 11) is 0. The van der Waals surface area contributed by atoms with Gasteiger partial charge in [-0.15, -0.1) is 5.10 Å². The summed E-state index contributed by atoms with van der Waals surface area (Å²) >= 11 is 1.49. The molecule has 7 heteroatoms. The van der Waals surface area contributed by atoms with Crippen molar-refractivity contribution >= 4 is 23.5 Å². The number of ether oxygens (including phenoxy) is 1. The van der Waals surface area contributed by atoms with Gasteiger partial charge < -0.3 is 10.1 Å². The quantitative estimate of drug-likeness (QED) is 0.802. The molecule has 0 unspecified atom stereocenters. The molecule has 27 heavy (non-hydrogen) atoms. The molecule has 0 amide bonds. The van der Waals surface area contributed by atoms with E-state index >= 15 is 0 Å². The van der Waals surface area contributed by atoms with Gasteiger partial charge in [-0.2, -0.15) is 4.98 Å². The molecule has 1 atom stereocenters. The van der Waals surface area contributed by atoms with Crippen LogP contribution in [0.2, 0.25) is 0 Å². The van der Waals surface area contributed by atoms with E-state index in [-0.39, 0.29) is 17.2 Å². The smallest absolute Gasteiger partial charge is 0.227 e. The average Bonchev–Trinajstić information content (AvgIpc) is 3.02. The van der Waals surface area contributed by atoms with E-state index in [1.807, 2.05) is 42.1 Å². The summed E-state index contributed by atoms with van der Waals surface area (Å²) in [4.78, 5) is 17.8. The zero-order valence-electron chi connectivity index (χ0n) is 16.1. The van der Waals surface area contributed by atoms with E-state index in [2.05, 4.69) is 29.2 Å². The highest BCUT2D eigenvalue weighted by molar-refractivity contribution is 7.98. The van der Waals surface area contributed by atoms with E-state index in [9.17, 15) is 4.79 Å². The molecule has 142 valence electrons. The second kappa shape index (κ2) is 6.71. The molecule has 1 aromatic carbocycles. The zero-order chi connectivity index (χ0) is 19.2. The minimum absolute atomic E-state index is 0.0720. The number of Topliss-reactive ketones (excluding diaryl/α,β-unsaturated/α-hetero) is 1. The molecule has 0 fully saturated rings. The topological polar surface area (TPSA) is 69.0 Å². The summed E-state index contributed by atoms with van der Waals surface area (Å²) in [6.45, 7) is 6.79. The van der Waals surface area contributed by atoms with Crippen molar-refractivity contribution in [3.8, 4) is 5.75 Å². The monoisotopic (exact) mass is 384 g/mol. The number of anilines is 1. The molecule has 0 radical (unpaired) electrons. The van der Waals surface area contributed by atoms with Crippen molar-refractivity contribution in [3.05, 3.63) is 41.1 Å². The van der Waals surface area contributed by atoms with Crippen LogP contribution in [0.4, 0.5) is 5.95 Å². The highest BCUT2D eigenvalue weighted by Gasteiger charge is 2.42. The number of thioether (sulfide) groups is 1. The number of allylic oxidation sites excluding steroid dienone is 2. The lowest BCUT2D eigenvalue weighted by Crippen LogP contribution is -2.36. The molecular weight excluding hydrogens is 360 g/mol. The second-order valence-corrected chi connectivity index (χ2v) is 8.47. The molecule has 0 bridgehead atoms. The Kier molecular flexibility index (Phi) is 4.50. The van der Waals surface area contributed by atoms with E-state index in [0.717, 1.165) is 29.0 Å². The fourth-order valence-electron chi connectivity index (χ4n) is 3.96. The molecule has 1 N–H and O–H groups in total. The molecule has 1 aromatic heterocycles. The molecule has 1 aliphatic carbocycles. The van der Waals surface area contributed by atoms with Crippen molar-refractivity contribution in [1.29, 1.82) is 0 Å². The van der Waals surface area contributed by atoms with Crippen molar-refractivity contribution < 1.29 is 9.53 Å². The molecule has 2 aromatic rings. The van der Waals surface area contributed by atoms with Crippen molar-refractivity contribution in [1.82, 2.24) is 14.8 Å². The highest BCUT2D eigenvalue weighted by Crippen LogP contribution is 2.47. The minimum Gasteiger partial charge on any atom is -0.494 e. The number of carbonyl (C=O) groups is 1. The third kappa shape index (κ3) is 3.14. The van der Waals surface area contributed by atoms with Crippen molar-refractivity contribution in [2.24, 2.45) is 5.41 Å². The lowest BCUT2D eigenvalue weighted by Gasteiger charge is -2.38. The summed E-state index contributed by atoms with van der Waals surface area (Å²) in [6.07, 6.45) is 3.29. The van der Waals surface area contributed by atoms with Crippen LogP contribution in [0.1, 0.15) is 45.2 Å². The number of hydrogen-bond donors (Lipinski definition) is 1. The van der Waals surface area contributed by atoms with Crippen LogP contribution in [0.25, 0.3) is 0 Å². The Labute approximate surface area is 163 Å². The largest absolute Gasteiger partial charge is 0.494 e. The Balaban J connectivity index is 1.92. The average molecular weight is 385 g/mol. The van der Waals surface area contributed by atoms with Crippen LogP contribution in [0, 0.1) is 5.41 Å². The van der Waals surface area contributed by atoms with Crippen molar-refractivity contribution in [3.63, 3.8) is 0 Å². The fourth-order valence-corrected chi connectivity index (χ4v) is 4.30. The molecule has 0 saturated carbocycles. The summed E-state index contributed by atoms with van der Waals surface area (Å²) in [6, 6.07) is 7.57. The minimum atomic E-state index is -0.323. The number of nitrogens with zero attached hydrogens (tertiary/aromatic N) is 3. The summed E-state index contributed by atoms with van der Waals surface area (Å²) in [5.74, 6) is 1.63. The number of ketones is 1. The maximum atomic E-state index is 13.2. The van der Waals surface area contributed by atoms with Crippen LogP contribution < -0.4 is 10.1 Å². The van der Waals surface area contributed by atoms with Gasteiger partial charge in [0.2, 0.25) is 11.1 Å². The van der Waals surface area contributed by atoms with Gasteiger partial charge in [0.1, 0.15) is 11.8 Å². The van der Waals surface area contributed by atoms with Gasteiger partial charge in [-0.05, 0) is 31.1 Å². The Morgan fingerprint density at radius 2 is 2.11 bits per heavy atom. The fraction of sp³-hybridized carbons (Fsp3) is 0.450. The molecule has 6 nitrogen and oxygen atoms in total. The SMILES string of the molecule is CCOc1ccccc1[C@@H]1C2=C(CC(C)(C)CC2=O)Nc2nc(SC)nn21. The number of hydrogen-bond acceptors (Lipinski definition) is 6. The first-order valence-electron chi connectivity index (χ1n) is 9.19. The first-order valence-corrected chi connectivity index (χ1v) is 10.4. The van der Waals surface area contributed by atoms with Gasteiger partial charge in [0.05, 0.1) is 6.61 Å². The second-order valence-electron chi connectivity index (χ2n) is 7.70. The maximum Gasteiger partial charge on any atom is 0.227 e. The molecule has 2 aliphatic rings. The van der Waals surface area contributed by atoms with Crippen LogP contribution in [0.15, 0.2) is 40.7 Å². The number of nitrogens with one attached hydrogen (secondary N) is 1. The summed E-state index contributed by atoms with van der Waals surface area (Å²) in [5.41, 5.74) is 2.61. The normalized spacial score (nSPS) is 20.7. The Morgan fingerprint density at radius 3 is 2.85 bits per heavy atom. The van der Waals surface area contributed by atoms with E-state index < -0.39 is 0 Å². The number of aromatic nitrogens is 3. The molecule has 0 spiro atoms. The lowest BCUT2D eigenvalue weighted by molar-refractivity contribution is -0.118. The zero-order valence-corrected chi connectivity index (χ0v) is 16.9. The summed E-state index contributed by atoms with van der Waals surface area (Å²) in [5, 5.41) is 8.72. The predicted molar refractivity (Wildman–Crippen MR) is 106 cm³/mol. The highest BCUT2D eigenvalue weighted by atomic mass is 32.2. The van der Waals surface area contributed by atoms with Gasteiger partial charge >= 0.3 is 0 Å². The molecule has 4 rings (SSSR count). The maximum absolute atomic E-state index is 13.2. The third-order valence-electron chi connectivity index (χ3n) is 5.01. The van der Waals surface area contributed by atoms with Crippen LogP contribution in [0.3, 0.4) is 0 Å². The number of rotatable bonds is 4. The first-order chi connectivity index (χ1) is 12.9. The van der Waals surface area contributed by atoms with Gasteiger partial charge in [-0.3, -0.25) is 4.79 Å². The first kappa shape index (κ1) is 18.1. The van der Waals surface area contributed by atoms with Crippen LogP contribution in [-0.2, 0) is 4.79 Å². The molecule has 1 aliphatic heterocycles. The molecule has 2 heterocycles. The summed E-state index contributed by atoms with van der Waals surface area (Å²) < 4.78 is 7.71. The number of para-hydroxylation sites is 1. The Hall–Kier alpha value is -2.28. The van der Waals surface area contributed by atoms with E-state index in [1.54, 1.807) is 0 Å². The van der Waals surface area contributed by atoms with E-state index in [0.29, 0.717) is 24.1 Å². The van der Waals surface area contributed by atoms with Gasteiger partial charge in [0.25, 0.3) is 0 Å². The van der Waals surface area contributed by atoms with Crippen LogP contribution in [-0.4, -0.2) is 33.4 Å². The number of carbonyl (C=O) groups excluding carboxylic acids is 1. The third-order valence-corrected chi connectivity index (χ3v) is 5.55. The van der Waals surface area contributed by atoms with Gasteiger partial charge in [-0.1, -0.05) is 43.8 Å². The van der Waals surface area contributed by atoms with Gasteiger partial charge in [0, 0.05) is 23.3 Å².